The Kier molecular flexibility index (Phi) is 5.22. The van der Waals surface area contributed by atoms with E-state index < -0.39 is 0 Å². The average molecular weight is 267 g/mol. The molecule has 2 fully saturated rings. The molecule has 2 heterocycles. The van der Waals surface area contributed by atoms with E-state index in [1.165, 1.54) is 12.8 Å². The molecule has 2 atom stereocenters. The molecule has 1 amide bonds. The van der Waals surface area contributed by atoms with Crippen LogP contribution in [-0.2, 0) is 4.79 Å². The maximum atomic E-state index is 12.0. The summed E-state index contributed by atoms with van der Waals surface area (Å²) in [5.74, 6) is 2.51. The summed E-state index contributed by atoms with van der Waals surface area (Å²) in [7, 11) is 4.29. The lowest BCUT2D eigenvalue weighted by molar-refractivity contribution is -0.130. The molecule has 0 aromatic rings. The maximum Gasteiger partial charge on any atom is 0.222 e. The monoisotopic (exact) mass is 267 g/mol. The van der Waals surface area contributed by atoms with Gasteiger partial charge in [0.05, 0.1) is 0 Å². The van der Waals surface area contributed by atoms with Crippen molar-refractivity contribution in [1.82, 2.24) is 15.1 Å². The largest absolute Gasteiger partial charge is 0.342 e. The molecule has 1 N–H and O–H groups in total. The van der Waals surface area contributed by atoms with Gasteiger partial charge in [-0.1, -0.05) is 6.92 Å². The standard InChI is InChI=1S/C15H29N3O/c1-4-15(19)18-10-13(9-17(2)3)14(11-18)12-5-7-16-8-6-12/h12-14,16H,4-11H2,1-3H3/t13-,14-/m1/s1. The van der Waals surface area contributed by atoms with E-state index in [1.807, 2.05) is 6.92 Å². The van der Waals surface area contributed by atoms with E-state index in [1.54, 1.807) is 0 Å². The fourth-order valence-corrected chi connectivity index (χ4v) is 3.79. The van der Waals surface area contributed by atoms with Gasteiger partial charge in [-0.3, -0.25) is 4.79 Å². The molecular formula is C15H29N3O. The second-order valence-electron chi connectivity index (χ2n) is 6.43. The van der Waals surface area contributed by atoms with Gasteiger partial charge in [-0.05, 0) is 57.8 Å². The van der Waals surface area contributed by atoms with Crippen LogP contribution < -0.4 is 5.32 Å². The third-order valence-electron chi connectivity index (χ3n) is 4.74. The van der Waals surface area contributed by atoms with Crippen LogP contribution in [0.3, 0.4) is 0 Å². The lowest BCUT2D eigenvalue weighted by atomic mass is 9.79. The minimum atomic E-state index is 0.334. The first kappa shape index (κ1) is 14.8. The lowest BCUT2D eigenvalue weighted by Crippen LogP contribution is -2.37. The highest BCUT2D eigenvalue weighted by Crippen LogP contribution is 2.35. The Labute approximate surface area is 117 Å². The highest BCUT2D eigenvalue weighted by Gasteiger charge is 2.39. The van der Waals surface area contributed by atoms with Crippen LogP contribution in [0.4, 0.5) is 0 Å². The summed E-state index contributed by atoms with van der Waals surface area (Å²) in [4.78, 5) is 16.4. The molecule has 4 nitrogen and oxygen atoms in total. The number of nitrogens with zero attached hydrogens (tertiary/aromatic N) is 2. The smallest absolute Gasteiger partial charge is 0.222 e. The van der Waals surface area contributed by atoms with Crippen molar-refractivity contribution in [1.29, 1.82) is 0 Å². The van der Waals surface area contributed by atoms with Crippen LogP contribution in [0.15, 0.2) is 0 Å². The van der Waals surface area contributed by atoms with E-state index >= 15 is 0 Å². The zero-order valence-electron chi connectivity index (χ0n) is 12.7. The Bertz CT molecular complexity index is 300. The molecule has 110 valence electrons. The molecule has 0 aromatic carbocycles. The zero-order chi connectivity index (χ0) is 13.8. The van der Waals surface area contributed by atoms with E-state index in [4.69, 9.17) is 0 Å². The summed E-state index contributed by atoms with van der Waals surface area (Å²) in [6.45, 7) is 7.35. The van der Waals surface area contributed by atoms with Crippen LogP contribution >= 0.6 is 0 Å². The number of hydrogen-bond acceptors (Lipinski definition) is 3. The van der Waals surface area contributed by atoms with Crippen LogP contribution in [0.2, 0.25) is 0 Å². The van der Waals surface area contributed by atoms with Crippen LogP contribution in [0.25, 0.3) is 0 Å². The molecule has 2 saturated heterocycles. The van der Waals surface area contributed by atoms with Gasteiger partial charge < -0.3 is 15.1 Å². The second-order valence-corrected chi connectivity index (χ2v) is 6.43. The van der Waals surface area contributed by atoms with Gasteiger partial charge in [-0.2, -0.15) is 0 Å². The van der Waals surface area contributed by atoms with Gasteiger partial charge in [-0.25, -0.2) is 0 Å². The molecule has 2 aliphatic rings. The van der Waals surface area contributed by atoms with Gasteiger partial charge in [0.1, 0.15) is 0 Å². The molecule has 0 unspecified atom stereocenters. The Morgan fingerprint density at radius 3 is 2.53 bits per heavy atom. The van der Waals surface area contributed by atoms with Crippen LogP contribution in [0, 0.1) is 17.8 Å². The van der Waals surface area contributed by atoms with E-state index in [-0.39, 0.29) is 0 Å². The molecule has 0 aromatic heterocycles. The minimum absolute atomic E-state index is 0.334. The minimum Gasteiger partial charge on any atom is -0.342 e. The SMILES string of the molecule is CCC(=O)N1C[C@@H](CN(C)C)[C@@H](C2CCNCC2)C1. The molecule has 0 radical (unpaired) electrons. The number of carbonyl (C=O) groups is 1. The topological polar surface area (TPSA) is 35.6 Å². The average Bonchev–Trinajstić information content (AvgIpc) is 2.82. The van der Waals surface area contributed by atoms with Crippen molar-refractivity contribution in [3.63, 3.8) is 0 Å². The van der Waals surface area contributed by atoms with Gasteiger partial charge >= 0.3 is 0 Å². The van der Waals surface area contributed by atoms with Crippen molar-refractivity contribution in [3.8, 4) is 0 Å². The molecule has 4 heteroatoms. The molecule has 19 heavy (non-hydrogen) atoms. The summed E-state index contributed by atoms with van der Waals surface area (Å²) in [5.41, 5.74) is 0. The number of rotatable bonds is 4. The van der Waals surface area contributed by atoms with Gasteiger partial charge in [0.25, 0.3) is 0 Å². The summed E-state index contributed by atoms with van der Waals surface area (Å²) in [6.07, 6.45) is 3.21. The summed E-state index contributed by atoms with van der Waals surface area (Å²) < 4.78 is 0. The maximum absolute atomic E-state index is 12.0. The molecule has 0 aliphatic carbocycles. The highest BCUT2D eigenvalue weighted by atomic mass is 16.2. The first-order chi connectivity index (χ1) is 9.11. The van der Waals surface area contributed by atoms with Gasteiger partial charge in [0.15, 0.2) is 0 Å². The van der Waals surface area contributed by atoms with E-state index in [0.717, 1.165) is 38.6 Å². The van der Waals surface area contributed by atoms with Crippen molar-refractivity contribution >= 4 is 5.91 Å². The number of nitrogens with one attached hydrogen (secondary N) is 1. The number of amides is 1. The van der Waals surface area contributed by atoms with Crippen LogP contribution in [0.5, 0.6) is 0 Å². The summed E-state index contributed by atoms with van der Waals surface area (Å²) >= 11 is 0. The van der Waals surface area contributed by atoms with Crippen LogP contribution in [-0.4, -0.2) is 62.5 Å². The summed E-state index contributed by atoms with van der Waals surface area (Å²) in [6, 6.07) is 0. The lowest BCUT2D eigenvalue weighted by Gasteiger charge is -2.32. The number of carbonyl (C=O) groups excluding carboxylic acids is 1. The fourth-order valence-electron chi connectivity index (χ4n) is 3.79. The Morgan fingerprint density at radius 2 is 1.95 bits per heavy atom. The number of likely N-dealkylation sites (tertiary alicyclic amines) is 1. The Morgan fingerprint density at radius 1 is 1.26 bits per heavy atom. The highest BCUT2D eigenvalue weighted by molar-refractivity contribution is 5.76. The molecule has 2 aliphatic heterocycles. The molecule has 0 bridgehead atoms. The number of piperidine rings is 1. The number of hydrogen-bond donors (Lipinski definition) is 1. The Hall–Kier alpha value is -0.610. The first-order valence-corrected chi connectivity index (χ1v) is 7.75. The normalized spacial score (nSPS) is 29.2. The van der Waals surface area contributed by atoms with E-state index in [2.05, 4.69) is 29.2 Å². The fraction of sp³-hybridized carbons (Fsp3) is 0.933. The van der Waals surface area contributed by atoms with Crippen molar-refractivity contribution < 1.29 is 4.79 Å². The predicted molar refractivity (Wildman–Crippen MR) is 78.0 cm³/mol. The summed E-state index contributed by atoms with van der Waals surface area (Å²) in [5, 5.41) is 3.45. The van der Waals surface area contributed by atoms with Crippen LogP contribution in [0.1, 0.15) is 26.2 Å². The second kappa shape index (κ2) is 6.71. The molecule has 0 spiro atoms. The van der Waals surface area contributed by atoms with E-state index in [0.29, 0.717) is 24.2 Å². The van der Waals surface area contributed by atoms with Crippen molar-refractivity contribution in [2.75, 3.05) is 46.8 Å². The molecular weight excluding hydrogens is 238 g/mol. The third kappa shape index (κ3) is 3.69. The molecule has 2 rings (SSSR count). The Balaban J connectivity index is 2.01. The van der Waals surface area contributed by atoms with Crippen molar-refractivity contribution in [2.45, 2.75) is 26.2 Å². The van der Waals surface area contributed by atoms with Gasteiger partial charge in [0, 0.05) is 26.1 Å². The van der Waals surface area contributed by atoms with Crippen molar-refractivity contribution in [2.24, 2.45) is 17.8 Å². The van der Waals surface area contributed by atoms with E-state index in [9.17, 15) is 4.79 Å². The van der Waals surface area contributed by atoms with Crippen molar-refractivity contribution in [3.05, 3.63) is 0 Å². The quantitative estimate of drug-likeness (QED) is 0.826. The zero-order valence-corrected chi connectivity index (χ0v) is 12.7. The molecule has 0 saturated carbocycles. The third-order valence-corrected chi connectivity index (χ3v) is 4.74. The van der Waals surface area contributed by atoms with Gasteiger partial charge in [0.2, 0.25) is 5.91 Å². The first-order valence-electron chi connectivity index (χ1n) is 7.75. The predicted octanol–water partition coefficient (Wildman–Crippen LogP) is 1.03. The van der Waals surface area contributed by atoms with Gasteiger partial charge in [-0.15, -0.1) is 0 Å².